The van der Waals surface area contributed by atoms with E-state index >= 15 is 0 Å². The number of amides is 1. The van der Waals surface area contributed by atoms with E-state index in [1.54, 1.807) is 6.08 Å². The Morgan fingerprint density at radius 1 is 1.04 bits per heavy atom. The third-order valence-corrected chi connectivity index (χ3v) is 3.63. The highest BCUT2D eigenvalue weighted by molar-refractivity contribution is 6.02. The zero-order chi connectivity index (χ0) is 16.2. The van der Waals surface area contributed by atoms with Gasteiger partial charge in [-0.15, -0.1) is 0 Å². The van der Waals surface area contributed by atoms with Gasteiger partial charge in [0.05, 0.1) is 0 Å². The number of hydrogen-bond acceptors (Lipinski definition) is 3. The number of ether oxygens (including phenoxy) is 2. The summed E-state index contributed by atoms with van der Waals surface area (Å²) < 4.78 is 11.0. The predicted molar refractivity (Wildman–Crippen MR) is 91.0 cm³/mol. The van der Waals surface area contributed by atoms with Gasteiger partial charge in [0.25, 0.3) is 0 Å². The highest BCUT2D eigenvalue weighted by Crippen LogP contribution is 2.31. The normalized spacial score (nSPS) is 13.1. The Kier molecular flexibility index (Phi) is 4.33. The van der Waals surface area contributed by atoms with Crippen LogP contribution in [0.5, 0.6) is 11.5 Å². The molecule has 23 heavy (non-hydrogen) atoms. The Morgan fingerprint density at radius 2 is 1.83 bits per heavy atom. The largest absolute Gasteiger partial charge is 0.486 e. The monoisotopic (exact) mass is 309 g/mol. The van der Waals surface area contributed by atoms with Crippen LogP contribution in [-0.2, 0) is 4.79 Å². The van der Waals surface area contributed by atoms with Crippen molar-refractivity contribution in [3.8, 4) is 11.5 Å². The van der Waals surface area contributed by atoms with Gasteiger partial charge in [-0.1, -0.05) is 23.8 Å². The minimum atomic E-state index is -0.160. The second-order valence-corrected chi connectivity index (χ2v) is 5.54. The first-order valence-electron chi connectivity index (χ1n) is 7.58. The summed E-state index contributed by atoms with van der Waals surface area (Å²) in [6.45, 7) is 5.13. The van der Waals surface area contributed by atoms with Crippen molar-refractivity contribution in [2.45, 2.75) is 13.8 Å². The Labute approximate surface area is 135 Å². The van der Waals surface area contributed by atoms with Gasteiger partial charge in [0.15, 0.2) is 11.5 Å². The van der Waals surface area contributed by atoms with Gasteiger partial charge >= 0.3 is 0 Å². The van der Waals surface area contributed by atoms with Gasteiger partial charge in [0, 0.05) is 11.8 Å². The number of nitrogens with one attached hydrogen (secondary N) is 1. The van der Waals surface area contributed by atoms with Crippen molar-refractivity contribution in [1.82, 2.24) is 0 Å². The lowest BCUT2D eigenvalue weighted by Crippen LogP contribution is -2.15. The number of carbonyl (C=O) groups excluding carboxylic acids is 1. The number of carbonyl (C=O) groups is 1. The molecule has 2 aromatic carbocycles. The fourth-order valence-electron chi connectivity index (χ4n) is 2.46. The van der Waals surface area contributed by atoms with Crippen molar-refractivity contribution in [1.29, 1.82) is 0 Å². The van der Waals surface area contributed by atoms with Gasteiger partial charge in [-0.25, -0.2) is 0 Å². The van der Waals surface area contributed by atoms with E-state index in [1.165, 1.54) is 11.6 Å². The molecule has 0 saturated heterocycles. The van der Waals surface area contributed by atoms with Crippen molar-refractivity contribution < 1.29 is 14.3 Å². The van der Waals surface area contributed by atoms with Crippen LogP contribution < -0.4 is 14.8 Å². The van der Waals surface area contributed by atoms with Crippen LogP contribution in [0.4, 0.5) is 5.69 Å². The van der Waals surface area contributed by atoms with Gasteiger partial charge in [0.1, 0.15) is 13.2 Å². The third-order valence-electron chi connectivity index (χ3n) is 3.63. The Bertz CT molecular complexity index is 765. The van der Waals surface area contributed by atoms with Crippen molar-refractivity contribution in [3.63, 3.8) is 0 Å². The summed E-state index contributed by atoms with van der Waals surface area (Å²) >= 11 is 0. The van der Waals surface area contributed by atoms with E-state index in [-0.39, 0.29) is 5.91 Å². The molecule has 1 N–H and O–H groups in total. The molecule has 4 heteroatoms. The summed E-state index contributed by atoms with van der Waals surface area (Å²) in [5.74, 6) is 1.30. The summed E-state index contributed by atoms with van der Waals surface area (Å²) in [5.41, 5.74) is 3.94. The molecule has 0 unspecified atom stereocenters. The lowest BCUT2D eigenvalue weighted by molar-refractivity contribution is -0.111. The molecule has 1 heterocycles. The molecular weight excluding hydrogens is 290 g/mol. The average molecular weight is 309 g/mol. The minimum absolute atomic E-state index is 0.160. The van der Waals surface area contributed by atoms with Crippen LogP contribution in [0.15, 0.2) is 42.5 Å². The van der Waals surface area contributed by atoms with Crippen LogP contribution in [0.1, 0.15) is 16.7 Å². The maximum Gasteiger partial charge on any atom is 0.248 e. The fourth-order valence-corrected chi connectivity index (χ4v) is 2.46. The molecular formula is C19H19NO3. The summed E-state index contributed by atoms with van der Waals surface area (Å²) in [7, 11) is 0. The van der Waals surface area contributed by atoms with Crippen LogP contribution in [0.2, 0.25) is 0 Å². The van der Waals surface area contributed by atoms with E-state index < -0.39 is 0 Å². The smallest absolute Gasteiger partial charge is 0.248 e. The highest BCUT2D eigenvalue weighted by atomic mass is 16.6. The van der Waals surface area contributed by atoms with Gasteiger partial charge in [0.2, 0.25) is 5.91 Å². The molecule has 118 valence electrons. The molecule has 0 saturated carbocycles. The quantitative estimate of drug-likeness (QED) is 0.879. The number of fused-ring (bicyclic) bond motifs is 1. The van der Waals surface area contributed by atoms with E-state index in [0.717, 1.165) is 22.6 Å². The molecule has 0 atom stereocenters. The van der Waals surface area contributed by atoms with Crippen molar-refractivity contribution in [3.05, 3.63) is 59.2 Å². The Morgan fingerprint density at radius 3 is 2.61 bits per heavy atom. The maximum absolute atomic E-state index is 12.1. The zero-order valence-electron chi connectivity index (χ0n) is 13.3. The lowest BCUT2D eigenvalue weighted by atomic mass is 10.1. The minimum Gasteiger partial charge on any atom is -0.486 e. The molecule has 0 aliphatic carbocycles. The van der Waals surface area contributed by atoms with Gasteiger partial charge in [-0.3, -0.25) is 4.79 Å². The van der Waals surface area contributed by atoms with Crippen molar-refractivity contribution >= 4 is 17.7 Å². The summed E-state index contributed by atoms with van der Waals surface area (Å²) in [6.07, 6.45) is 3.28. The van der Waals surface area contributed by atoms with Crippen LogP contribution in [0, 0.1) is 13.8 Å². The van der Waals surface area contributed by atoms with Crippen LogP contribution in [0.25, 0.3) is 6.08 Å². The Hall–Kier alpha value is -2.75. The number of rotatable bonds is 3. The fraction of sp³-hybridized carbons (Fsp3) is 0.211. The third kappa shape index (κ3) is 3.72. The summed E-state index contributed by atoms with van der Waals surface area (Å²) in [5, 5.41) is 2.89. The molecule has 1 amide bonds. The first-order chi connectivity index (χ1) is 11.1. The summed E-state index contributed by atoms with van der Waals surface area (Å²) in [6, 6.07) is 11.6. The van der Waals surface area contributed by atoms with E-state index in [1.807, 2.05) is 50.2 Å². The second-order valence-electron chi connectivity index (χ2n) is 5.54. The van der Waals surface area contributed by atoms with E-state index in [4.69, 9.17) is 9.47 Å². The Balaban J connectivity index is 1.68. The molecule has 4 nitrogen and oxygen atoms in total. The summed E-state index contributed by atoms with van der Waals surface area (Å²) in [4.78, 5) is 12.1. The van der Waals surface area contributed by atoms with E-state index in [2.05, 4.69) is 5.32 Å². The number of aryl methyl sites for hydroxylation is 2. The number of hydrogen-bond donors (Lipinski definition) is 1. The molecule has 0 aromatic heterocycles. The van der Waals surface area contributed by atoms with Crippen molar-refractivity contribution in [2.75, 3.05) is 18.5 Å². The zero-order valence-corrected chi connectivity index (χ0v) is 13.3. The maximum atomic E-state index is 12.1. The molecule has 0 fully saturated rings. The molecule has 1 aliphatic heterocycles. The average Bonchev–Trinajstić information content (AvgIpc) is 2.55. The predicted octanol–water partition coefficient (Wildman–Crippen LogP) is 3.73. The molecule has 0 radical (unpaired) electrons. The van der Waals surface area contributed by atoms with Crippen LogP contribution >= 0.6 is 0 Å². The lowest BCUT2D eigenvalue weighted by Gasteiger charge is -2.18. The topological polar surface area (TPSA) is 47.6 Å². The SMILES string of the molecule is Cc1ccc(NC(=O)/C=C/c2ccc3c(c2)OCCO3)c(C)c1. The van der Waals surface area contributed by atoms with Gasteiger partial charge in [-0.2, -0.15) is 0 Å². The molecule has 3 rings (SSSR count). The standard InChI is InChI=1S/C19H19NO3/c1-13-3-6-16(14(2)11-13)20-19(21)8-5-15-4-7-17-18(12-15)23-10-9-22-17/h3-8,11-12H,9-10H2,1-2H3,(H,20,21)/b8-5+. The first kappa shape index (κ1) is 15.2. The van der Waals surface area contributed by atoms with Crippen LogP contribution in [0.3, 0.4) is 0 Å². The van der Waals surface area contributed by atoms with E-state index in [9.17, 15) is 4.79 Å². The number of anilines is 1. The van der Waals surface area contributed by atoms with Crippen molar-refractivity contribution in [2.24, 2.45) is 0 Å². The first-order valence-corrected chi connectivity index (χ1v) is 7.58. The van der Waals surface area contributed by atoms with Gasteiger partial charge < -0.3 is 14.8 Å². The number of benzene rings is 2. The molecule has 1 aliphatic rings. The highest BCUT2D eigenvalue weighted by Gasteiger charge is 2.10. The van der Waals surface area contributed by atoms with Gasteiger partial charge in [-0.05, 0) is 49.2 Å². The molecule has 0 spiro atoms. The molecule has 0 bridgehead atoms. The second kappa shape index (κ2) is 6.57. The van der Waals surface area contributed by atoms with E-state index in [0.29, 0.717) is 19.0 Å². The van der Waals surface area contributed by atoms with Crippen LogP contribution in [-0.4, -0.2) is 19.1 Å². The molecule has 2 aromatic rings.